The van der Waals surface area contributed by atoms with E-state index in [2.05, 4.69) is 50.5 Å². The number of thiol groups is 1. The van der Waals surface area contributed by atoms with Crippen molar-refractivity contribution in [2.24, 2.45) is 5.41 Å². The molecule has 0 fully saturated rings. The number of rotatable bonds is 4. The molecule has 0 amide bonds. The van der Waals surface area contributed by atoms with Gasteiger partial charge in [0, 0.05) is 11.4 Å². The molecular weight excluding hydrogens is 222 g/mol. The molecule has 0 unspecified atom stereocenters. The van der Waals surface area contributed by atoms with Gasteiger partial charge in [-0.2, -0.15) is 12.6 Å². The molecule has 0 saturated heterocycles. The van der Waals surface area contributed by atoms with Crippen molar-refractivity contribution < 1.29 is 0 Å². The summed E-state index contributed by atoms with van der Waals surface area (Å²) in [6.07, 6.45) is 0. The van der Waals surface area contributed by atoms with Crippen LogP contribution in [-0.4, -0.2) is 16.5 Å². The SMILES string of the molecule is Cc1cc(C)nc(SCC(C)(C)CS)c1. The number of hydrogen-bond acceptors (Lipinski definition) is 3. The minimum atomic E-state index is 0.271. The highest BCUT2D eigenvalue weighted by atomic mass is 32.2. The molecule has 0 aliphatic carbocycles. The van der Waals surface area contributed by atoms with Crippen LogP contribution in [0.25, 0.3) is 0 Å². The van der Waals surface area contributed by atoms with Gasteiger partial charge in [-0.15, -0.1) is 11.8 Å². The minimum absolute atomic E-state index is 0.271. The van der Waals surface area contributed by atoms with E-state index in [0.717, 1.165) is 22.2 Å². The molecule has 0 aliphatic heterocycles. The predicted octanol–water partition coefficient (Wildman–Crippen LogP) is 3.75. The Kier molecular flexibility index (Phi) is 4.53. The lowest BCUT2D eigenvalue weighted by molar-refractivity contribution is 0.493. The zero-order valence-corrected chi connectivity index (χ0v) is 11.6. The van der Waals surface area contributed by atoms with Gasteiger partial charge >= 0.3 is 0 Å². The van der Waals surface area contributed by atoms with Crippen LogP contribution in [-0.2, 0) is 0 Å². The molecule has 0 spiro atoms. The fourth-order valence-corrected chi connectivity index (χ4v) is 2.57. The molecule has 1 aromatic rings. The number of aryl methyl sites for hydroxylation is 2. The van der Waals surface area contributed by atoms with Gasteiger partial charge in [0.2, 0.25) is 0 Å². The van der Waals surface area contributed by atoms with E-state index in [4.69, 9.17) is 0 Å². The molecule has 0 aromatic carbocycles. The van der Waals surface area contributed by atoms with E-state index < -0.39 is 0 Å². The first-order valence-electron chi connectivity index (χ1n) is 5.12. The maximum absolute atomic E-state index is 4.51. The van der Waals surface area contributed by atoms with E-state index >= 15 is 0 Å². The van der Waals surface area contributed by atoms with Crippen LogP contribution >= 0.6 is 24.4 Å². The van der Waals surface area contributed by atoms with Gasteiger partial charge in [0.15, 0.2) is 0 Å². The van der Waals surface area contributed by atoms with Crippen molar-refractivity contribution in [2.45, 2.75) is 32.7 Å². The van der Waals surface area contributed by atoms with Gasteiger partial charge in [-0.05, 0) is 42.7 Å². The van der Waals surface area contributed by atoms with Crippen molar-refractivity contribution in [3.8, 4) is 0 Å². The van der Waals surface area contributed by atoms with Crippen LogP contribution in [0.3, 0.4) is 0 Å². The van der Waals surface area contributed by atoms with Crippen LogP contribution in [0.4, 0.5) is 0 Å². The van der Waals surface area contributed by atoms with Gasteiger partial charge in [-0.25, -0.2) is 4.98 Å². The average molecular weight is 241 g/mol. The smallest absolute Gasteiger partial charge is 0.0965 e. The van der Waals surface area contributed by atoms with Crippen LogP contribution in [0.5, 0.6) is 0 Å². The Morgan fingerprint density at radius 2 is 2.00 bits per heavy atom. The Morgan fingerprint density at radius 1 is 1.33 bits per heavy atom. The summed E-state index contributed by atoms with van der Waals surface area (Å²) in [7, 11) is 0. The molecule has 1 heterocycles. The second-order valence-corrected chi connectivity index (χ2v) is 6.05. The molecule has 15 heavy (non-hydrogen) atoms. The van der Waals surface area contributed by atoms with E-state index in [0.29, 0.717) is 0 Å². The summed E-state index contributed by atoms with van der Waals surface area (Å²) in [5.74, 6) is 1.97. The quantitative estimate of drug-likeness (QED) is 0.637. The Bertz CT molecular complexity index is 314. The molecular formula is C12H19NS2. The normalized spacial score (nSPS) is 11.8. The first kappa shape index (κ1) is 12.9. The molecule has 1 rings (SSSR count). The fourth-order valence-electron chi connectivity index (χ4n) is 1.19. The largest absolute Gasteiger partial charge is 0.247 e. The van der Waals surface area contributed by atoms with E-state index in [1.165, 1.54) is 5.56 Å². The summed E-state index contributed by atoms with van der Waals surface area (Å²) >= 11 is 6.17. The Morgan fingerprint density at radius 3 is 2.53 bits per heavy atom. The second kappa shape index (κ2) is 5.26. The summed E-state index contributed by atoms with van der Waals surface area (Å²) in [5.41, 5.74) is 2.66. The van der Waals surface area contributed by atoms with Gasteiger partial charge in [-0.3, -0.25) is 0 Å². The highest BCUT2D eigenvalue weighted by Crippen LogP contribution is 2.27. The van der Waals surface area contributed by atoms with Gasteiger partial charge in [-0.1, -0.05) is 13.8 Å². The lowest BCUT2D eigenvalue weighted by Crippen LogP contribution is -2.16. The number of nitrogens with zero attached hydrogens (tertiary/aromatic N) is 1. The first-order valence-corrected chi connectivity index (χ1v) is 6.74. The third kappa shape index (κ3) is 4.47. The minimum Gasteiger partial charge on any atom is -0.247 e. The third-order valence-corrected chi connectivity index (χ3v) is 4.40. The van der Waals surface area contributed by atoms with Crippen LogP contribution in [0, 0.1) is 19.3 Å². The Labute approximate surface area is 102 Å². The molecule has 3 heteroatoms. The Hall–Kier alpha value is -0.150. The zero-order valence-electron chi connectivity index (χ0n) is 9.87. The molecule has 0 N–H and O–H groups in total. The zero-order chi connectivity index (χ0) is 11.5. The second-order valence-electron chi connectivity index (χ2n) is 4.74. The van der Waals surface area contributed by atoms with Crippen molar-refractivity contribution >= 4 is 24.4 Å². The summed E-state index contributed by atoms with van der Waals surface area (Å²) < 4.78 is 0. The molecule has 0 bridgehead atoms. The van der Waals surface area contributed by atoms with E-state index in [9.17, 15) is 0 Å². The van der Waals surface area contributed by atoms with E-state index in [1.807, 2.05) is 18.7 Å². The van der Waals surface area contributed by atoms with E-state index in [1.54, 1.807) is 0 Å². The van der Waals surface area contributed by atoms with Crippen LogP contribution in [0.2, 0.25) is 0 Å². The lowest BCUT2D eigenvalue weighted by Gasteiger charge is -2.20. The molecule has 0 saturated carbocycles. The maximum atomic E-state index is 4.51. The summed E-state index contributed by atoms with van der Waals surface area (Å²) in [5, 5.41) is 1.13. The van der Waals surface area contributed by atoms with Crippen molar-refractivity contribution in [3.63, 3.8) is 0 Å². The number of pyridine rings is 1. The third-order valence-electron chi connectivity index (χ3n) is 2.11. The van der Waals surface area contributed by atoms with Gasteiger partial charge < -0.3 is 0 Å². The highest BCUT2D eigenvalue weighted by Gasteiger charge is 2.16. The van der Waals surface area contributed by atoms with Crippen molar-refractivity contribution in [1.82, 2.24) is 4.98 Å². The lowest BCUT2D eigenvalue weighted by atomic mass is 10.0. The molecule has 1 nitrogen and oxygen atoms in total. The van der Waals surface area contributed by atoms with Crippen LogP contribution in [0.1, 0.15) is 25.1 Å². The summed E-state index contributed by atoms with van der Waals surface area (Å²) in [6.45, 7) is 8.62. The van der Waals surface area contributed by atoms with Crippen molar-refractivity contribution in [1.29, 1.82) is 0 Å². The van der Waals surface area contributed by atoms with Gasteiger partial charge in [0.1, 0.15) is 0 Å². The topological polar surface area (TPSA) is 12.9 Å². The number of thioether (sulfide) groups is 1. The average Bonchev–Trinajstić information content (AvgIpc) is 2.14. The standard InChI is InChI=1S/C12H19NS2/c1-9-5-10(2)13-11(6-9)15-8-12(3,4)7-14/h5-6,14H,7-8H2,1-4H3. The highest BCUT2D eigenvalue weighted by molar-refractivity contribution is 7.99. The Balaban J connectivity index is 2.65. The van der Waals surface area contributed by atoms with E-state index in [-0.39, 0.29) is 5.41 Å². The molecule has 1 aromatic heterocycles. The van der Waals surface area contributed by atoms with Gasteiger partial charge in [0.25, 0.3) is 0 Å². The maximum Gasteiger partial charge on any atom is 0.0965 e. The first-order chi connectivity index (χ1) is 6.93. The summed E-state index contributed by atoms with van der Waals surface area (Å²) in [4.78, 5) is 4.51. The van der Waals surface area contributed by atoms with Crippen molar-refractivity contribution in [2.75, 3.05) is 11.5 Å². The number of hydrogen-bond donors (Lipinski definition) is 1. The van der Waals surface area contributed by atoms with Gasteiger partial charge in [0.05, 0.1) is 5.03 Å². The molecule has 84 valence electrons. The summed E-state index contributed by atoms with van der Waals surface area (Å²) in [6, 6.07) is 4.25. The predicted molar refractivity (Wildman–Crippen MR) is 72.1 cm³/mol. The monoisotopic (exact) mass is 241 g/mol. The molecule has 0 atom stereocenters. The van der Waals surface area contributed by atoms with Crippen LogP contribution < -0.4 is 0 Å². The molecule has 0 aliphatic rings. The molecule has 0 radical (unpaired) electrons. The fraction of sp³-hybridized carbons (Fsp3) is 0.583. The van der Waals surface area contributed by atoms with Crippen LogP contribution in [0.15, 0.2) is 17.2 Å². The number of aromatic nitrogens is 1. The van der Waals surface area contributed by atoms with Crippen molar-refractivity contribution in [3.05, 3.63) is 23.4 Å².